The fourth-order valence-corrected chi connectivity index (χ4v) is 4.00. The second-order valence-electron chi connectivity index (χ2n) is 6.02. The van der Waals surface area contributed by atoms with Crippen LogP contribution in [0.1, 0.15) is 19.4 Å². The van der Waals surface area contributed by atoms with E-state index in [0.717, 1.165) is 32.7 Å². The zero-order valence-corrected chi connectivity index (χ0v) is 15.4. The van der Waals surface area contributed by atoms with Crippen molar-refractivity contribution in [2.75, 3.05) is 26.2 Å². The molecule has 0 atom stereocenters. The Bertz CT molecular complexity index is 1040. The van der Waals surface area contributed by atoms with E-state index in [1.807, 2.05) is 18.2 Å². The zero-order valence-electron chi connectivity index (χ0n) is 20.5. The first-order valence-corrected chi connectivity index (χ1v) is 9.47. The number of H-pyrrole nitrogens is 1. The third-order valence-electron chi connectivity index (χ3n) is 4.15. The number of alkyl halides is 2. The van der Waals surface area contributed by atoms with E-state index >= 15 is 0 Å². The van der Waals surface area contributed by atoms with E-state index in [1.54, 1.807) is 30.1 Å². The molecule has 144 valence electrons. The van der Waals surface area contributed by atoms with E-state index in [4.69, 9.17) is 8.22 Å². The normalized spacial score (nSPS) is 15.9. The predicted octanol–water partition coefficient (Wildman–Crippen LogP) is 5.21. The lowest BCUT2D eigenvalue weighted by atomic mass is 10.1. The molecule has 0 amide bonds. The molecule has 6 heteroatoms. The Kier molecular flexibility index (Phi) is 4.51. The Morgan fingerprint density at radius 2 is 1.96 bits per heavy atom. The van der Waals surface area contributed by atoms with Gasteiger partial charge in [-0.3, -0.25) is 0 Å². The number of thioether (sulfide) groups is 1. The molecule has 0 radical (unpaired) electrons. The molecule has 3 nitrogen and oxygen atoms in total. The summed E-state index contributed by atoms with van der Waals surface area (Å²) in [5, 5.41) is 0.944. The molecule has 0 bridgehead atoms. The van der Waals surface area contributed by atoms with Crippen LogP contribution in [0.3, 0.4) is 0 Å². The first-order valence-electron chi connectivity index (χ1n) is 11.5. The molecule has 0 saturated carbocycles. The van der Waals surface area contributed by atoms with E-state index in [1.165, 1.54) is 12.1 Å². The van der Waals surface area contributed by atoms with Crippen LogP contribution in [0.2, 0.25) is 0 Å². The standard InChI is InChI=1S/C21H24F2N2OS/c1-25(2)12-10-16-14-24-18-4-3-5-19(20(16)18)27-13-11-15-6-8-17(9-7-15)26-21(22)23/h3-9,14,21,24H,10-13H2,1-2H3/i1D3,2D3. The number of hydrogen-bond donors (Lipinski definition) is 1. The third-order valence-corrected chi connectivity index (χ3v) is 5.21. The van der Waals surface area contributed by atoms with Gasteiger partial charge in [0, 0.05) is 42.5 Å². The second-order valence-corrected chi connectivity index (χ2v) is 7.15. The van der Waals surface area contributed by atoms with Gasteiger partial charge in [-0.2, -0.15) is 8.78 Å². The Hall–Kier alpha value is -2.05. The van der Waals surface area contributed by atoms with E-state index in [9.17, 15) is 8.78 Å². The highest BCUT2D eigenvalue weighted by Gasteiger charge is 2.10. The molecule has 0 aliphatic heterocycles. The quantitative estimate of drug-likeness (QED) is 0.504. The van der Waals surface area contributed by atoms with Crippen molar-refractivity contribution in [3.05, 3.63) is 59.8 Å². The second kappa shape index (κ2) is 9.24. The van der Waals surface area contributed by atoms with Crippen molar-refractivity contribution >= 4 is 22.7 Å². The van der Waals surface area contributed by atoms with E-state index in [2.05, 4.69) is 9.72 Å². The molecule has 1 N–H and O–H groups in total. The van der Waals surface area contributed by atoms with Crippen LogP contribution in [-0.4, -0.2) is 42.7 Å². The molecular weight excluding hydrogens is 366 g/mol. The number of nitrogens with zero attached hydrogens (tertiary/aromatic N) is 1. The molecule has 0 aliphatic carbocycles. The molecule has 0 saturated heterocycles. The minimum absolute atomic E-state index is 0.117. The number of rotatable bonds is 9. The lowest BCUT2D eigenvalue weighted by Crippen LogP contribution is -2.14. The number of benzene rings is 2. The molecule has 0 fully saturated rings. The fourth-order valence-electron chi connectivity index (χ4n) is 2.89. The highest BCUT2D eigenvalue weighted by Crippen LogP contribution is 2.31. The highest BCUT2D eigenvalue weighted by molar-refractivity contribution is 7.99. The number of likely N-dealkylation sites (N-methyl/N-ethyl adjacent to an activating group) is 1. The largest absolute Gasteiger partial charge is 0.435 e. The minimum Gasteiger partial charge on any atom is -0.435 e. The summed E-state index contributed by atoms with van der Waals surface area (Å²) in [5.41, 5.74) is 2.72. The molecule has 27 heavy (non-hydrogen) atoms. The fraction of sp³-hybridized carbons (Fsp3) is 0.333. The summed E-state index contributed by atoms with van der Waals surface area (Å²) in [6.45, 7) is -8.42. The summed E-state index contributed by atoms with van der Waals surface area (Å²) in [7, 11) is 0. The molecule has 3 rings (SSSR count). The summed E-state index contributed by atoms with van der Waals surface area (Å²) >= 11 is 1.62. The predicted molar refractivity (Wildman–Crippen MR) is 108 cm³/mol. The van der Waals surface area contributed by atoms with Crippen molar-refractivity contribution in [1.29, 1.82) is 0 Å². The van der Waals surface area contributed by atoms with Crippen molar-refractivity contribution in [2.24, 2.45) is 0 Å². The molecule has 1 aromatic heterocycles. The van der Waals surface area contributed by atoms with Crippen LogP contribution in [0, 0.1) is 0 Å². The van der Waals surface area contributed by atoms with E-state index < -0.39 is 20.6 Å². The van der Waals surface area contributed by atoms with Gasteiger partial charge < -0.3 is 14.6 Å². The summed E-state index contributed by atoms with van der Waals surface area (Å²) in [6, 6.07) is 12.3. The highest BCUT2D eigenvalue weighted by atomic mass is 32.2. The van der Waals surface area contributed by atoms with Crippen LogP contribution >= 0.6 is 11.8 Å². The summed E-state index contributed by atoms with van der Waals surface area (Å²) in [5.74, 6) is 0.849. The van der Waals surface area contributed by atoms with Gasteiger partial charge in [-0.15, -0.1) is 11.8 Å². The number of fused-ring (bicyclic) bond motifs is 1. The average molecular weight is 397 g/mol. The van der Waals surface area contributed by atoms with Crippen molar-refractivity contribution < 1.29 is 21.7 Å². The molecule has 1 heterocycles. The molecular formula is C21H24F2N2OS. The Morgan fingerprint density at radius 1 is 1.15 bits per heavy atom. The number of halogens is 2. The Morgan fingerprint density at radius 3 is 2.70 bits per heavy atom. The molecule has 0 spiro atoms. The van der Waals surface area contributed by atoms with Gasteiger partial charge in [-0.05, 0) is 62.2 Å². The third kappa shape index (κ3) is 5.47. The van der Waals surface area contributed by atoms with Crippen LogP contribution < -0.4 is 4.74 Å². The van der Waals surface area contributed by atoms with Crippen molar-refractivity contribution in [3.63, 3.8) is 0 Å². The number of aryl methyl sites for hydroxylation is 1. The van der Waals surface area contributed by atoms with Gasteiger partial charge in [0.2, 0.25) is 0 Å². The summed E-state index contributed by atoms with van der Waals surface area (Å²) in [4.78, 5) is 4.73. The Labute approximate surface area is 171 Å². The van der Waals surface area contributed by atoms with Gasteiger partial charge >= 0.3 is 6.61 Å². The van der Waals surface area contributed by atoms with Gasteiger partial charge in [0.1, 0.15) is 5.75 Å². The van der Waals surface area contributed by atoms with Crippen LogP contribution in [0.15, 0.2) is 53.6 Å². The molecule has 2 aromatic carbocycles. The first kappa shape index (κ1) is 13.2. The van der Waals surface area contributed by atoms with Crippen LogP contribution in [-0.2, 0) is 12.8 Å². The zero-order chi connectivity index (χ0) is 24.2. The smallest absolute Gasteiger partial charge is 0.387 e. The minimum atomic E-state index is -2.85. The average Bonchev–Trinajstić information content (AvgIpc) is 3.11. The SMILES string of the molecule is [2H]C([2H])([2H])N(CCc1c[nH]c2cccc(SCCc3ccc(OC(F)F)cc3)c12)C([2H])([2H])[2H]. The van der Waals surface area contributed by atoms with Gasteiger partial charge in [0.25, 0.3) is 0 Å². The number of aromatic nitrogens is 1. The van der Waals surface area contributed by atoms with Gasteiger partial charge in [0.15, 0.2) is 0 Å². The van der Waals surface area contributed by atoms with Gasteiger partial charge in [0.05, 0.1) is 0 Å². The van der Waals surface area contributed by atoms with Crippen LogP contribution in [0.4, 0.5) is 8.78 Å². The van der Waals surface area contributed by atoms with Crippen LogP contribution in [0.25, 0.3) is 10.9 Å². The molecule has 0 aliphatic rings. The Balaban J connectivity index is 1.69. The van der Waals surface area contributed by atoms with Gasteiger partial charge in [-0.1, -0.05) is 18.2 Å². The lowest BCUT2D eigenvalue weighted by Gasteiger charge is -2.10. The maximum absolute atomic E-state index is 12.3. The number of ether oxygens (including phenoxy) is 1. The number of nitrogens with one attached hydrogen (secondary N) is 1. The first-order chi connectivity index (χ1) is 15.4. The maximum Gasteiger partial charge on any atom is 0.387 e. The van der Waals surface area contributed by atoms with Crippen molar-refractivity contribution in [2.45, 2.75) is 24.3 Å². The molecule has 3 aromatic rings. The van der Waals surface area contributed by atoms with Gasteiger partial charge in [-0.25, -0.2) is 0 Å². The number of aromatic amines is 1. The molecule has 0 unspecified atom stereocenters. The summed E-state index contributed by atoms with van der Waals surface area (Å²) < 4.78 is 74.2. The van der Waals surface area contributed by atoms with Crippen LogP contribution in [0.5, 0.6) is 5.75 Å². The topological polar surface area (TPSA) is 28.3 Å². The monoisotopic (exact) mass is 396 g/mol. The number of hydrogen-bond acceptors (Lipinski definition) is 3. The van der Waals surface area contributed by atoms with Crippen molar-refractivity contribution in [3.8, 4) is 5.75 Å². The summed E-state index contributed by atoms with van der Waals surface area (Å²) in [6.07, 6.45) is 2.76. The lowest BCUT2D eigenvalue weighted by molar-refractivity contribution is -0.0498. The van der Waals surface area contributed by atoms with E-state index in [0.29, 0.717) is 11.3 Å². The van der Waals surface area contributed by atoms with E-state index in [-0.39, 0.29) is 18.7 Å². The van der Waals surface area contributed by atoms with Crippen molar-refractivity contribution in [1.82, 2.24) is 9.88 Å². The maximum atomic E-state index is 12.3.